The number of fused-ring (bicyclic) bond motifs is 1. The second-order valence-electron chi connectivity index (χ2n) is 10.9. The van der Waals surface area contributed by atoms with E-state index in [2.05, 4.69) is 10.6 Å². The van der Waals surface area contributed by atoms with Gasteiger partial charge in [-0.1, -0.05) is 48.5 Å². The number of hydrogen-bond acceptors (Lipinski definition) is 5. The first-order chi connectivity index (χ1) is 19.9. The van der Waals surface area contributed by atoms with Crippen molar-refractivity contribution < 1.29 is 14.3 Å². The number of nitrogens with zero attached hydrogens (tertiary/aromatic N) is 3. The van der Waals surface area contributed by atoms with Crippen molar-refractivity contribution in [1.82, 2.24) is 14.5 Å². The smallest absolute Gasteiger partial charge is 0.248 e. The van der Waals surface area contributed by atoms with Crippen LogP contribution in [0.15, 0.2) is 72.8 Å². The number of aromatic nitrogens is 2. The van der Waals surface area contributed by atoms with Gasteiger partial charge in [0.25, 0.3) is 0 Å². The molecule has 1 fully saturated rings. The Bertz CT molecular complexity index is 1500. The van der Waals surface area contributed by atoms with Gasteiger partial charge >= 0.3 is 0 Å². The highest BCUT2D eigenvalue weighted by atomic mass is 16.5. The van der Waals surface area contributed by atoms with Crippen LogP contribution in [0.5, 0.6) is 0 Å². The van der Waals surface area contributed by atoms with E-state index in [1.807, 2.05) is 59.5 Å². The van der Waals surface area contributed by atoms with Gasteiger partial charge in [-0.25, -0.2) is 4.98 Å². The quantitative estimate of drug-likeness (QED) is 0.265. The molecule has 8 nitrogen and oxygen atoms in total. The van der Waals surface area contributed by atoms with Gasteiger partial charge in [-0.2, -0.15) is 0 Å². The van der Waals surface area contributed by atoms with Crippen LogP contribution in [0.3, 0.4) is 0 Å². The highest BCUT2D eigenvalue weighted by molar-refractivity contribution is 5.93. The Kier molecular flexibility index (Phi) is 9.11. The number of likely N-dealkylation sites (tertiary alicyclic amines) is 1. The van der Waals surface area contributed by atoms with Crippen molar-refractivity contribution in [2.45, 2.75) is 50.6 Å². The van der Waals surface area contributed by atoms with Crippen LogP contribution in [-0.2, 0) is 22.5 Å². The summed E-state index contributed by atoms with van der Waals surface area (Å²) in [4.78, 5) is 32.3. The molecule has 4 aromatic rings. The van der Waals surface area contributed by atoms with E-state index >= 15 is 0 Å². The Hall–Kier alpha value is -4.01. The minimum atomic E-state index is -0.483. The van der Waals surface area contributed by atoms with Crippen molar-refractivity contribution in [3.63, 3.8) is 0 Å². The zero-order valence-electron chi connectivity index (χ0n) is 23.7. The molecule has 5 rings (SSSR count). The van der Waals surface area contributed by atoms with E-state index in [1.54, 1.807) is 19.2 Å². The van der Waals surface area contributed by atoms with Crippen molar-refractivity contribution in [3.05, 3.63) is 89.7 Å². The van der Waals surface area contributed by atoms with Gasteiger partial charge in [-0.15, -0.1) is 0 Å². The number of primary amides is 1. The van der Waals surface area contributed by atoms with Gasteiger partial charge in [0.05, 0.1) is 11.0 Å². The van der Waals surface area contributed by atoms with Crippen molar-refractivity contribution in [3.8, 4) is 11.1 Å². The molecule has 0 aliphatic carbocycles. The zero-order chi connectivity index (χ0) is 28.8. The van der Waals surface area contributed by atoms with Crippen LogP contribution in [0.1, 0.15) is 53.3 Å². The largest absolute Gasteiger partial charge is 0.385 e. The number of carbonyl (C=O) groups is 2. The number of piperidine rings is 1. The number of nitrogens with two attached hydrogens (primary N) is 2. The lowest BCUT2D eigenvalue weighted by Gasteiger charge is -2.33. The molecule has 8 heteroatoms. The van der Waals surface area contributed by atoms with E-state index in [-0.39, 0.29) is 18.2 Å². The van der Waals surface area contributed by atoms with Crippen molar-refractivity contribution >= 4 is 22.8 Å². The fourth-order valence-corrected chi connectivity index (χ4v) is 5.95. The summed E-state index contributed by atoms with van der Waals surface area (Å²) in [5.41, 5.74) is 17.6. The lowest BCUT2D eigenvalue weighted by atomic mass is 9.92. The van der Waals surface area contributed by atoms with Gasteiger partial charge in [-0.05, 0) is 66.6 Å². The molecule has 2 atom stereocenters. The maximum absolute atomic E-state index is 13.5. The predicted octanol–water partition coefficient (Wildman–Crippen LogP) is 4.50. The van der Waals surface area contributed by atoms with Gasteiger partial charge in [-0.3, -0.25) is 9.59 Å². The predicted molar refractivity (Wildman–Crippen MR) is 161 cm³/mol. The Labute approximate surface area is 241 Å². The standard InChI is InChI=1S/C33H39N5O3/c1-41-18-8-17-38-30-13-6-5-12-29(30)36-33(38)25-11-7-16-37(22-25)31(39)21-27(34)20-26-19-24(32(35)40)14-15-28(26)23-9-3-2-4-10-23/h2-6,9-10,12-15,19,25,27H,7-8,11,16-18,20-22,34H2,1H3,(H2,35,40). The van der Waals surface area contributed by atoms with E-state index in [0.29, 0.717) is 25.1 Å². The molecular formula is C33H39N5O3. The lowest BCUT2D eigenvalue weighted by molar-refractivity contribution is -0.132. The molecule has 1 saturated heterocycles. The minimum Gasteiger partial charge on any atom is -0.385 e. The Morgan fingerprint density at radius 3 is 2.63 bits per heavy atom. The summed E-state index contributed by atoms with van der Waals surface area (Å²) in [6.07, 6.45) is 3.50. The molecule has 2 amide bonds. The van der Waals surface area contributed by atoms with E-state index in [9.17, 15) is 9.59 Å². The van der Waals surface area contributed by atoms with Crippen molar-refractivity contribution in [1.29, 1.82) is 0 Å². The maximum atomic E-state index is 13.5. The third-order valence-electron chi connectivity index (χ3n) is 7.95. The number of amides is 2. The number of ether oxygens (including phenoxy) is 1. The molecule has 2 heterocycles. The molecule has 214 valence electrons. The first-order valence-corrected chi connectivity index (χ1v) is 14.4. The minimum absolute atomic E-state index is 0.0524. The van der Waals surface area contributed by atoms with E-state index in [0.717, 1.165) is 65.9 Å². The summed E-state index contributed by atoms with van der Waals surface area (Å²) in [5, 5.41) is 0. The van der Waals surface area contributed by atoms with Crippen molar-refractivity contribution in [2.75, 3.05) is 26.8 Å². The third kappa shape index (κ3) is 6.66. The van der Waals surface area contributed by atoms with E-state index < -0.39 is 11.9 Å². The van der Waals surface area contributed by atoms with Gasteiger partial charge in [0.15, 0.2) is 0 Å². The zero-order valence-corrected chi connectivity index (χ0v) is 23.7. The summed E-state index contributed by atoms with van der Waals surface area (Å²) in [7, 11) is 1.72. The monoisotopic (exact) mass is 553 g/mol. The fourth-order valence-electron chi connectivity index (χ4n) is 5.95. The Morgan fingerprint density at radius 1 is 1.07 bits per heavy atom. The Morgan fingerprint density at radius 2 is 1.85 bits per heavy atom. The van der Waals surface area contributed by atoms with E-state index in [1.165, 1.54) is 0 Å². The summed E-state index contributed by atoms with van der Waals surface area (Å²) in [6, 6.07) is 23.2. The number of para-hydroxylation sites is 2. The number of aryl methyl sites for hydroxylation is 1. The van der Waals surface area contributed by atoms with Crippen LogP contribution in [0, 0.1) is 0 Å². The summed E-state index contributed by atoms with van der Waals surface area (Å²) >= 11 is 0. The van der Waals surface area contributed by atoms with Crippen LogP contribution in [-0.4, -0.2) is 59.1 Å². The molecule has 1 aliphatic heterocycles. The van der Waals surface area contributed by atoms with Crippen LogP contribution in [0.2, 0.25) is 0 Å². The molecular weight excluding hydrogens is 514 g/mol. The molecule has 1 aliphatic rings. The number of methoxy groups -OCH3 is 1. The fraction of sp³-hybridized carbons (Fsp3) is 0.364. The molecule has 0 saturated carbocycles. The molecule has 2 unspecified atom stereocenters. The molecule has 0 spiro atoms. The Balaban J connectivity index is 1.30. The molecule has 3 aromatic carbocycles. The lowest BCUT2D eigenvalue weighted by Crippen LogP contribution is -2.42. The summed E-state index contributed by atoms with van der Waals surface area (Å²) in [5.74, 6) is 0.773. The van der Waals surface area contributed by atoms with Gasteiger partial charge in [0.2, 0.25) is 11.8 Å². The van der Waals surface area contributed by atoms with Gasteiger partial charge in [0.1, 0.15) is 5.82 Å². The SMILES string of the molecule is COCCCn1c(C2CCCN(C(=O)CC(N)Cc3cc(C(N)=O)ccc3-c3ccccc3)C2)nc2ccccc21. The van der Waals surface area contributed by atoms with Gasteiger partial charge < -0.3 is 25.7 Å². The van der Waals surface area contributed by atoms with E-state index in [4.69, 9.17) is 21.2 Å². The second kappa shape index (κ2) is 13.1. The van der Waals surface area contributed by atoms with Crippen LogP contribution >= 0.6 is 0 Å². The average Bonchev–Trinajstić information content (AvgIpc) is 3.36. The number of carbonyl (C=O) groups excluding carboxylic acids is 2. The molecule has 1 aromatic heterocycles. The number of hydrogen-bond donors (Lipinski definition) is 2. The topological polar surface area (TPSA) is 116 Å². The highest BCUT2D eigenvalue weighted by Gasteiger charge is 2.29. The third-order valence-corrected chi connectivity index (χ3v) is 7.95. The molecule has 0 bridgehead atoms. The first-order valence-electron chi connectivity index (χ1n) is 14.4. The average molecular weight is 554 g/mol. The number of imidazole rings is 1. The summed E-state index contributed by atoms with van der Waals surface area (Å²) in [6.45, 7) is 2.87. The van der Waals surface area contributed by atoms with Crippen LogP contribution in [0.25, 0.3) is 22.2 Å². The second-order valence-corrected chi connectivity index (χ2v) is 10.9. The first kappa shape index (κ1) is 28.5. The maximum Gasteiger partial charge on any atom is 0.248 e. The number of rotatable bonds is 11. The summed E-state index contributed by atoms with van der Waals surface area (Å²) < 4.78 is 7.60. The number of benzene rings is 3. The molecule has 4 N–H and O–H groups in total. The normalized spacial score (nSPS) is 16.1. The molecule has 41 heavy (non-hydrogen) atoms. The van der Waals surface area contributed by atoms with Crippen LogP contribution < -0.4 is 11.5 Å². The molecule has 0 radical (unpaired) electrons. The van der Waals surface area contributed by atoms with Crippen molar-refractivity contribution in [2.24, 2.45) is 11.5 Å². The highest BCUT2D eigenvalue weighted by Crippen LogP contribution is 2.31. The van der Waals surface area contributed by atoms with Crippen LogP contribution in [0.4, 0.5) is 0 Å². The van der Waals surface area contributed by atoms with Gasteiger partial charge in [0, 0.05) is 57.3 Å².